The second-order valence-corrected chi connectivity index (χ2v) is 7.58. The van der Waals surface area contributed by atoms with E-state index in [2.05, 4.69) is 4.37 Å². The van der Waals surface area contributed by atoms with Crippen molar-refractivity contribution in [3.63, 3.8) is 0 Å². The predicted octanol–water partition coefficient (Wildman–Crippen LogP) is 4.68. The lowest BCUT2D eigenvalue weighted by molar-refractivity contribution is 0.0697. The summed E-state index contributed by atoms with van der Waals surface area (Å²) in [6, 6.07) is 26.4. The third-order valence-corrected chi connectivity index (χ3v) is 5.48. The molecule has 4 aromatic rings. The first-order chi connectivity index (χ1) is 15.1. The Labute approximate surface area is 183 Å². The third kappa shape index (κ3) is 5.02. The van der Waals surface area contributed by atoms with Crippen LogP contribution in [-0.2, 0) is 6.54 Å². The number of aromatic carboxylic acids is 1. The highest BCUT2D eigenvalue weighted by molar-refractivity contribution is 7.02. The second-order valence-electron chi connectivity index (χ2n) is 6.85. The Bertz CT molecular complexity index is 1270. The van der Waals surface area contributed by atoms with Gasteiger partial charge in [-0.1, -0.05) is 60.7 Å². The van der Waals surface area contributed by atoms with Crippen molar-refractivity contribution in [2.45, 2.75) is 13.5 Å². The van der Waals surface area contributed by atoms with Crippen LogP contribution in [-0.4, -0.2) is 25.9 Å². The van der Waals surface area contributed by atoms with Gasteiger partial charge in [0.15, 0.2) is 5.84 Å². The number of aliphatic imine (C=N–C) groups is 1. The zero-order chi connectivity index (χ0) is 21.6. The number of amidine groups is 1. The molecule has 1 aromatic heterocycles. The number of carboxylic acid groups (broad SMARTS) is 1. The Balaban J connectivity index is 1.75. The summed E-state index contributed by atoms with van der Waals surface area (Å²) >= 11 is 1.31. The Morgan fingerprint density at radius 2 is 1.58 bits per heavy atom. The van der Waals surface area contributed by atoms with E-state index >= 15 is 0 Å². The number of carbonyl (C=O) groups is 1. The summed E-state index contributed by atoms with van der Waals surface area (Å²) in [5.74, 6) is 0.497. The van der Waals surface area contributed by atoms with Crippen LogP contribution in [0.25, 0.3) is 0 Å². The molecule has 0 atom stereocenters. The molecule has 0 fully saturated rings. The summed E-state index contributed by atoms with van der Waals surface area (Å²) in [7, 11) is 0. The normalized spacial score (nSPS) is 12.2. The van der Waals surface area contributed by atoms with Crippen molar-refractivity contribution in [2.75, 3.05) is 0 Å². The minimum absolute atomic E-state index is 0.264. The molecule has 7 heteroatoms. The van der Waals surface area contributed by atoms with Gasteiger partial charge in [0, 0.05) is 17.1 Å². The highest BCUT2D eigenvalue weighted by Crippen LogP contribution is 2.14. The minimum Gasteiger partial charge on any atom is -0.478 e. The quantitative estimate of drug-likeness (QED) is 0.370. The molecule has 1 N–H and O–H groups in total. The van der Waals surface area contributed by atoms with E-state index in [1.54, 1.807) is 12.1 Å². The average molecular weight is 429 g/mol. The van der Waals surface area contributed by atoms with Crippen LogP contribution in [0.4, 0.5) is 5.69 Å². The van der Waals surface area contributed by atoms with Crippen molar-refractivity contribution in [3.05, 3.63) is 112 Å². The number of hydrogen-bond donors (Lipinski definition) is 1. The highest BCUT2D eigenvalue weighted by atomic mass is 32.1. The maximum atomic E-state index is 11.1. The number of para-hydroxylation sites is 1. The Kier molecular flexibility index (Phi) is 6.14. The van der Waals surface area contributed by atoms with Crippen molar-refractivity contribution in [1.29, 1.82) is 0 Å². The van der Waals surface area contributed by atoms with Crippen molar-refractivity contribution in [3.8, 4) is 0 Å². The highest BCUT2D eigenvalue weighted by Gasteiger charge is 2.09. The fraction of sp³-hybridized carbons (Fsp3) is 0.0833. The van der Waals surface area contributed by atoms with E-state index < -0.39 is 5.97 Å². The molecule has 0 aliphatic rings. The van der Waals surface area contributed by atoms with Gasteiger partial charge in [0.05, 0.1) is 17.8 Å². The van der Waals surface area contributed by atoms with Gasteiger partial charge in [0.1, 0.15) is 5.82 Å². The molecular weight excluding hydrogens is 408 g/mol. The van der Waals surface area contributed by atoms with Gasteiger partial charge >= 0.3 is 5.97 Å². The third-order valence-electron chi connectivity index (χ3n) is 4.65. The standard InChI is InChI=1S/C24H20N4O2S/c1-17-27-31-24(28(17)16-18-12-14-20(15-13-18)23(29)30)26-22(19-8-4-2-5-9-19)25-21-10-6-3-7-11-21/h2-15H,16H2,1H3,(H,29,30). The molecule has 0 bridgehead atoms. The van der Waals surface area contributed by atoms with Gasteiger partial charge in [-0.15, -0.1) is 0 Å². The van der Waals surface area contributed by atoms with E-state index in [1.807, 2.05) is 84.3 Å². The summed E-state index contributed by atoms with van der Waals surface area (Å²) in [5, 5.41) is 9.11. The van der Waals surface area contributed by atoms with E-state index in [0.717, 1.165) is 27.4 Å². The van der Waals surface area contributed by atoms with Crippen LogP contribution in [0, 0.1) is 6.92 Å². The smallest absolute Gasteiger partial charge is 0.335 e. The number of carboxylic acids is 1. The molecule has 1 heterocycles. The van der Waals surface area contributed by atoms with Crippen LogP contribution >= 0.6 is 11.5 Å². The number of benzene rings is 3. The monoisotopic (exact) mass is 428 g/mol. The van der Waals surface area contributed by atoms with Crippen molar-refractivity contribution >= 4 is 29.0 Å². The average Bonchev–Trinajstić information content (AvgIpc) is 3.14. The lowest BCUT2D eigenvalue weighted by Gasteiger charge is -2.06. The minimum atomic E-state index is -0.937. The summed E-state index contributed by atoms with van der Waals surface area (Å²) in [6.07, 6.45) is 0. The van der Waals surface area contributed by atoms with Gasteiger partial charge in [-0.05, 0) is 36.8 Å². The molecule has 0 aliphatic heterocycles. The Morgan fingerprint density at radius 3 is 2.23 bits per heavy atom. The molecule has 3 aromatic carbocycles. The lowest BCUT2D eigenvalue weighted by atomic mass is 10.1. The van der Waals surface area contributed by atoms with Gasteiger partial charge in [-0.3, -0.25) is 4.57 Å². The molecule has 4 rings (SSSR count). The van der Waals surface area contributed by atoms with E-state index in [0.29, 0.717) is 12.4 Å². The molecule has 31 heavy (non-hydrogen) atoms. The van der Waals surface area contributed by atoms with E-state index in [1.165, 1.54) is 11.5 Å². The molecule has 6 nitrogen and oxygen atoms in total. The van der Waals surface area contributed by atoms with E-state index in [-0.39, 0.29) is 5.56 Å². The first-order valence-corrected chi connectivity index (χ1v) is 10.5. The molecule has 0 unspecified atom stereocenters. The Hall–Kier alpha value is -3.84. The van der Waals surface area contributed by atoms with Crippen molar-refractivity contribution in [2.24, 2.45) is 9.98 Å². The van der Waals surface area contributed by atoms with Crippen LogP contribution < -0.4 is 4.80 Å². The van der Waals surface area contributed by atoms with E-state index in [4.69, 9.17) is 15.1 Å². The first-order valence-electron chi connectivity index (χ1n) is 9.69. The summed E-state index contributed by atoms with van der Waals surface area (Å²) in [5.41, 5.74) is 2.97. The van der Waals surface area contributed by atoms with Gasteiger partial charge < -0.3 is 5.11 Å². The fourth-order valence-corrected chi connectivity index (χ4v) is 3.73. The zero-order valence-corrected chi connectivity index (χ0v) is 17.7. The van der Waals surface area contributed by atoms with Crippen LogP contribution in [0.15, 0.2) is 94.9 Å². The zero-order valence-electron chi connectivity index (χ0n) is 16.8. The van der Waals surface area contributed by atoms with Crippen molar-refractivity contribution in [1.82, 2.24) is 8.94 Å². The van der Waals surface area contributed by atoms with Gasteiger partial charge in [0.25, 0.3) is 0 Å². The van der Waals surface area contributed by atoms with Crippen LogP contribution in [0.1, 0.15) is 27.3 Å². The largest absolute Gasteiger partial charge is 0.478 e. The molecule has 0 spiro atoms. The fourth-order valence-electron chi connectivity index (χ4n) is 3.00. The number of rotatable bonds is 5. The topological polar surface area (TPSA) is 79.8 Å². The lowest BCUT2D eigenvalue weighted by Crippen LogP contribution is -2.19. The SMILES string of the molecule is Cc1nsc(=NC(=Nc2ccccc2)c2ccccc2)n1Cc1ccc(C(=O)O)cc1. The maximum Gasteiger partial charge on any atom is 0.335 e. The Morgan fingerprint density at radius 1 is 0.935 bits per heavy atom. The van der Waals surface area contributed by atoms with Crippen LogP contribution in [0.5, 0.6) is 0 Å². The molecule has 0 aliphatic carbocycles. The molecule has 0 saturated carbocycles. The molecular formula is C24H20N4O2S. The molecule has 154 valence electrons. The maximum absolute atomic E-state index is 11.1. The molecule has 0 radical (unpaired) electrons. The predicted molar refractivity (Wildman–Crippen MR) is 122 cm³/mol. The summed E-state index contributed by atoms with van der Waals surface area (Å²) < 4.78 is 6.48. The van der Waals surface area contributed by atoms with Crippen LogP contribution in [0.2, 0.25) is 0 Å². The number of nitrogens with zero attached hydrogens (tertiary/aromatic N) is 4. The number of hydrogen-bond acceptors (Lipinski definition) is 4. The van der Waals surface area contributed by atoms with E-state index in [9.17, 15) is 4.79 Å². The first kappa shape index (κ1) is 20.4. The van der Waals surface area contributed by atoms with Gasteiger partial charge in [-0.2, -0.15) is 9.37 Å². The molecule has 0 amide bonds. The van der Waals surface area contributed by atoms with Gasteiger partial charge in [0.2, 0.25) is 4.80 Å². The number of aryl methyl sites for hydroxylation is 1. The van der Waals surface area contributed by atoms with Crippen LogP contribution in [0.3, 0.4) is 0 Å². The van der Waals surface area contributed by atoms with Crippen molar-refractivity contribution < 1.29 is 9.90 Å². The summed E-state index contributed by atoms with van der Waals surface area (Å²) in [6.45, 7) is 2.46. The second kappa shape index (κ2) is 9.32. The summed E-state index contributed by atoms with van der Waals surface area (Å²) in [4.78, 5) is 21.4. The molecule has 0 saturated heterocycles. The number of aromatic nitrogens is 2. The van der Waals surface area contributed by atoms with Gasteiger partial charge in [-0.25, -0.2) is 9.79 Å².